The van der Waals surface area contributed by atoms with E-state index in [4.69, 9.17) is 4.74 Å². The largest absolute Gasteiger partial charge is 0.497 e. The molecule has 1 N–H and O–H groups in total. The number of benzene rings is 2. The normalized spacial score (nSPS) is 17.3. The van der Waals surface area contributed by atoms with Crippen molar-refractivity contribution in [3.8, 4) is 5.75 Å². The first-order valence-electron chi connectivity index (χ1n) is 10.3. The topological polar surface area (TPSA) is 79.0 Å². The zero-order valence-corrected chi connectivity index (χ0v) is 19.6. The molecule has 7 nitrogen and oxygen atoms in total. The molecule has 168 valence electrons. The molecule has 3 rings (SSSR count). The molecule has 0 radical (unpaired) electrons. The summed E-state index contributed by atoms with van der Waals surface area (Å²) in [5, 5.41) is 1.19. The summed E-state index contributed by atoms with van der Waals surface area (Å²) < 4.78 is 28.7. The van der Waals surface area contributed by atoms with Gasteiger partial charge >= 0.3 is 6.03 Å². The lowest BCUT2D eigenvalue weighted by atomic mass is 9.86. The van der Waals surface area contributed by atoms with Gasteiger partial charge in [-0.05, 0) is 40.7 Å². The minimum absolute atomic E-state index is 0.0297. The van der Waals surface area contributed by atoms with E-state index in [0.717, 1.165) is 23.1 Å². The summed E-state index contributed by atoms with van der Waals surface area (Å²) >= 11 is 0. The van der Waals surface area contributed by atoms with Crippen LogP contribution in [0.15, 0.2) is 48.5 Å². The highest BCUT2D eigenvalue weighted by atomic mass is 32.2. The van der Waals surface area contributed by atoms with Crippen LogP contribution in [0.5, 0.6) is 5.75 Å². The van der Waals surface area contributed by atoms with E-state index in [0.29, 0.717) is 13.0 Å². The van der Waals surface area contributed by atoms with Gasteiger partial charge in [0.1, 0.15) is 5.75 Å². The van der Waals surface area contributed by atoms with Gasteiger partial charge in [-0.2, -0.15) is 0 Å². The Hall–Kier alpha value is -2.58. The minimum atomic E-state index is -3.56. The summed E-state index contributed by atoms with van der Waals surface area (Å²) in [5.74, 6) is 0.779. The molecule has 1 saturated heterocycles. The SMILES string of the molecule is COc1ccc(CCN2C(=O)N(NS(C)(=O)=O)C[C@@H]2c2ccc(C(C)(C)C)cc2)cc1. The molecule has 2 aromatic rings. The van der Waals surface area contributed by atoms with Crippen LogP contribution in [0.1, 0.15) is 43.5 Å². The number of rotatable bonds is 7. The number of methoxy groups -OCH3 is 1. The average Bonchev–Trinajstić information content (AvgIpc) is 3.00. The molecule has 1 heterocycles. The van der Waals surface area contributed by atoms with Crippen LogP contribution >= 0.6 is 0 Å². The molecule has 31 heavy (non-hydrogen) atoms. The Morgan fingerprint density at radius 2 is 1.68 bits per heavy atom. The maximum absolute atomic E-state index is 13.0. The monoisotopic (exact) mass is 445 g/mol. The molecule has 0 unspecified atom stereocenters. The summed E-state index contributed by atoms with van der Waals surface area (Å²) in [6.07, 6.45) is 1.70. The molecular formula is C23H31N3O4S. The lowest BCUT2D eigenvalue weighted by molar-refractivity contribution is 0.182. The third kappa shape index (κ3) is 5.77. The second-order valence-corrected chi connectivity index (χ2v) is 10.7. The molecule has 1 aliphatic heterocycles. The van der Waals surface area contributed by atoms with E-state index in [1.165, 1.54) is 10.6 Å². The van der Waals surface area contributed by atoms with Crippen molar-refractivity contribution in [2.75, 3.05) is 26.5 Å². The number of carbonyl (C=O) groups is 1. The Morgan fingerprint density at radius 1 is 1.06 bits per heavy atom. The Kier molecular flexibility index (Phi) is 6.62. The van der Waals surface area contributed by atoms with Gasteiger partial charge in [-0.25, -0.2) is 18.2 Å². The van der Waals surface area contributed by atoms with Crippen molar-refractivity contribution in [1.82, 2.24) is 14.7 Å². The number of hydrogen-bond donors (Lipinski definition) is 1. The first kappa shape index (κ1) is 23.1. The van der Waals surface area contributed by atoms with E-state index >= 15 is 0 Å². The highest BCUT2D eigenvalue weighted by molar-refractivity contribution is 7.88. The zero-order chi connectivity index (χ0) is 22.8. The van der Waals surface area contributed by atoms with Gasteiger partial charge < -0.3 is 9.64 Å². The molecule has 2 aromatic carbocycles. The second kappa shape index (κ2) is 8.88. The fraction of sp³-hybridized carbons (Fsp3) is 0.435. The highest BCUT2D eigenvalue weighted by Gasteiger charge is 2.39. The number of hydrogen-bond acceptors (Lipinski definition) is 4. The quantitative estimate of drug-likeness (QED) is 0.708. The Labute approximate surface area is 185 Å². The van der Waals surface area contributed by atoms with E-state index < -0.39 is 10.0 Å². The molecule has 0 aliphatic carbocycles. The first-order valence-corrected chi connectivity index (χ1v) is 12.2. The fourth-order valence-corrected chi connectivity index (χ4v) is 4.25. The Balaban J connectivity index is 1.83. The summed E-state index contributed by atoms with van der Waals surface area (Å²) in [6, 6.07) is 15.4. The number of carbonyl (C=O) groups excluding carboxylic acids is 1. The van der Waals surface area contributed by atoms with Crippen LogP contribution in [0.3, 0.4) is 0 Å². The van der Waals surface area contributed by atoms with Crippen LogP contribution in [-0.2, 0) is 21.9 Å². The van der Waals surface area contributed by atoms with E-state index in [1.54, 1.807) is 12.0 Å². The van der Waals surface area contributed by atoms with Crippen molar-refractivity contribution in [1.29, 1.82) is 0 Å². The van der Waals surface area contributed by atoms with Crippen LogP contribution in [0.25, 0.3) is 0 Å². The molecule has 1 fully saturated rings. The van der Waals surface area contributed by atoms with Gasteiger partial charge in [0.15, 0.2) is 0 Å². The summed E-state index contributed by atoms with van der Waals surface area (Å²) in [5.41, 5.74) is 3.29. The summed E-state index contributed by atoms with van der Waals surface area (Å²) in [7, 11) is -1.93. The van der Waals surface area contributed by atoms with Crippen LogP contribution in [0, 0.1) is 0 Å². The van der Waals surface area contributed by atoms with Crippen molar-refractivity contribution in [3.63, 3.8) is 0 Å². The molecule has 8 heteroatoms. The van der Waals surface area contributed by atoms with Gasteiger partial charge in [0.25, 0.3) is 0 Å². The van der Waals surface area contributed by atoms with E-state index in [-0.39, 0.29) is 24.0 Å². The molecule has 1 aliphatic rings. The Bertz CT molecular complexity index is 1010. The molecule has 0 spiro atoms. The van der Waals surface area contributed by atoms with Crippen molar-refractivity contribution in [2.45, 2.75) is 38.6 Å². The molecule has 0 aromatic heterocycles. The van der Waals surface area contributed by atoms with Crippen molar-refractivity contribution in [2.24, 2.45) is 0 Å². The number of nitrogens with one attached hydrogen (secondary N) is 1. The van der Waals surface area contributed by atoms with Gasteiger partial charge in [0.2, 0.25) is 10.0 Å². The van der Waals surface area contributed by atoms with E-state index in [1.807, 2.05) is 36.4 Å². The van der Waals surface area contributed by atoms with E-state index in [9.17, 15) is 13.2 Å². The Morgan fingerprint density at radius 3 is 2.19 bits per heavy atom. The van der Waals surface area contributed by atoms with Crippen LogP contribution in [0.2, 0.25) is 0 Å². The highest BCUT2D eigenvalue weighted by Crippen LogP contribution is 2.31. The van der Waals surface area contributed by atoms with Gasteiger partial charge in [0.05, 0.1) is 26.0 Å². The smallest absolute Gasteiger partial charge is 0.335 e. The average molecular weight is 446 g/mol. The maximum atomic E-state index is 13.0. The van der Waals surface area contributed by atoms with Gasteiger partial charge in [-0.1, -0.05) is 57.2 Å². The standard InChI is InChI=1S/C23H31N3O4S/c1-23(2,3)19-10-8-18(9-11-19)21-16-26(24-31(5,28)29)22(27)25(21)15-14-17-6-12-20(30-4)13-7-17/h6-13,21,24H,14-16H2,1-5H3/t21-/m1/s1. The number of ether oxygens (including phenoxy) is 1. The van der Waals surface area contributed by atoms with Crippen LogP contribution < -0.4 is 9.57 Å². The molecule has 2 amide bonds. The summed E-state index contributed by atoms with van der Waals surface area (Å²) in [4.78, 5) is 17.1. The van der Waals surface area contributed by atoms with Crippen molar-refractivity contribution < 1.29 is 17.9 Å². The number of nitrogens with zero attached hydrogens (tertiary/aromatic N) is 2. The lowest BCUT2D eigenvalue weighted by Gasteiger charge is -2.25. The molecule has 1 atom stereocenters. The third-order valence-electron chi connectivity index (χ3n) is 5.45. The van der Waals surface area contributed by atoms with E-state index in [2.05, 4.69) is 37.7 Å². The second-order valence-electron chi connectivity index (χ2n) is 8.94. The molecular weight excluding hydrogens is 414 g/mol. The van der Waals surface area contributed by atoms with Gasteiger partial charge in [-0.3, -0.25) is 0 Å². The predicted molar refractivity (Wildman–Crippen MR) is 121 cm³/mol. The number of hydrazine groups is 1. The summed E-state index contributed by atoms with van der Waals surface area (Å²) in [6.45, 7) is 7.18. The zero-order valence-electron chi connectivity index (χ0n) is 18.8. The first-order chi connectivity index (χ1) is 14.5. The van der Waals surface area contributed by atoms with Crippen molar-refractivity contribution >= 4 is 16.1 Å². The molecule has 0 saturated carbocycles. The fourth-order valence-electron chi connectivity index (χ4n) is 3.70. The number of amides is 2. The van der Waals surface area contributed by atoms with Crippen LogP contribution in [-0.4, -0.2) is 50.8 Å². The predicted octanol–water partition coefficient (Wildman–Crippen LogP) is 3.48. The molecule has 0 bridgehead atoms. The maximum Gasteiger partial charge on any atom is 0.335 e. The number of sulfonamides is 1. The van der Waals surface area contributed by atoms with Crippen LogP contribution in [0.4, 0.5) is 4.79 Å². The van der Waals surface area contributed by atoms with Crippen molar-refractivity contribution in [3.05, 3.63) is 65.2 Å². The van der Waals surface area contributed by atoms with Gasteiger partial charge in [0, 0.05) is 6.54 Å². The third-order valence-corrected chi connectivity index (χ3v) is 6.00. The lowest BCUT2D eigenvalue weighted by Crippen LogP contribution is -2.44. The van der Waals surface area contributed by atoms with Gasteiger partial charge in [-0.15, -0.1) is 4.83 Å². The minimum Gasteiger partial charge on any atom is -0.497 e. The number of urea groups is 1.